The summed E-state index contributed by atoms with van der Waals surface area (Å²) in [6, 6.07) is 6.74. The fourth-order valence-corrected chi connectivity index (χ4v) is 8.15. The number of hydrogen-bond donors (Lipinski definition) is 2. The average Bonchev–Trinajstić information content (AvgIpc) is 3.19. The third-order valence-corrected chi connectivity index (χ3v) is 9.45. The van der Waals surface area contributed by atoms with E-state index in [-0.39, 0.29) is 5.60 Å². The number of nitrogens with one attached hydrogen (secondary N) is 1. The molecule has 1 aromatic carbocycles. The maximum atomic E-state index is 9.89. The van der Waals surface area contributed by atoms with Gasteiger partial charge >= 0.3 is 0 Å². The Morgan fingerprint density at radius 2 is 2.07 bits per heavy atom. The van der Waals surface area contributed by atoms with E-state index in [1.165, 1.54) is 69.0 Å². The van der Waals surface area contributed by atoms with Gasteiger partial charge in [-0.2, -0.15) is 0 Å². The molecule has 7 atom stereocenters. The van der Waals surface area contributed by atoms with Crippen LogP contribution in [-0.2, 0) is 11.2 Å². The molecule has 5 aliphatic rings. The summed E-state index contributed by atoms with van der Waals surface area (Å²) in [7, 11) is 0. The van der Waals surface area contributed by atoms with Gasteiger partial charge in [-0.3, -0.25) is 0 Å². The molecule has 27 heavy (non-hydrogen) atoms. The summed E-state index contributed by atoms with van der Waals surface area (Å²) in [6.07, 6.45) is 11.9. The lowest BCUT2D eigenvalue weighted by Crippen LogP contribution is -2.51. The van der Waals surface area contributed by atoms with Gasteiger partial charge in [0.05, 0.1) is 11.7 Å². The largest absolute Gasteiger partial charge is 0.508 e. The van der Waals surface area contributed by atoms with Crippen LogP contribution in [0.5, 0.6) is 5.75 Å². The quantitative estimate of drug-likeness (QED) is 0.708. The molecule has 0 radical (unpaired) electrons. The van der Waals surface area contributed by atoms with Crippen LogP contribution in [0.2, 0.25) is 0 Å². The van der Waals surface area contributed by atoms with Gasteiger partial charge in [-0.15, -0.1) is 0 Å². The van der Waals surface area contributed by atoms with Crippen LogP contribution in [0.25, 0.3) is 0 Å². The Bertz CT molecular complexity index is 747. The minimum absolute atomic E-state index is 0.130. The molecule has 2 N–H and O–H groups in total. The number of hydrogen-bond acceptors (Lipinski definition) is 3. The van der Waals surface area contributed by atoms with Crippen molar-refractivity contribution in [3.8, 4) is 5.75 Å². The number of ether oxygens (including phenoxy) is 1. The molecular weight excluding hydrogens is 334 g/mol. The number of phenolic OH excluding ortho intramolecular Hbond substituents is 1. The molecule has 3 aliphatic carbocycles. The molecule has 2 aliphatic heterocycles. The zero-order valence-electron chi connectivity index (χ0n) is 16.5. The van der Waals surface area contributed by atoms with Crippen molar-refractivity contribution in [2.75, 3.05) is 6.54 Å². The van der Waals surface area contributed by atoms with Crippen LogP contribution in [0.1, 0.15) is 75.3 Å². The van der Waals surface area contributed by atoms with E-state index in [0.717, 1.165) is 18.3 Å². The molecule has 3 nitrogen and oxygen atoms in total. The van der Waals surface area contributed by atoms with Crippen LogP contribution < -0.4 is 5.32 Å². The highest BCUT2D eigenvalue weighted by atomic mass is 16.5. The summed E-state index contributed by atoms with van der Waals surface area (Å²) < 4.78 is 6.96. The van der Waals surface area contributed by atoms with Gasteiger partial charge in [0.1, 0.15) is 5.75 Å². The van der Waals surface area contributed by atoms with E-state index in [4.69, 9.17) is 4.74 Å². The summed E-state index contributed by atoms with van der Waals surface area (Å²) in [5.74, 6) is 2.74. The lowest BCUT2D eigenvalue weighted by Gasteiger charge is -2.53. The van der Waals surface area contributed by atoms with E-state index in [0.29, 0.717) is 29.2 Å². The topological polar surface area (TPSA) is 41.5 Å². The van der Waals surface area contributed by atoms with Crippen molar-refractivity contribution in [3.63, 3.8) is 0 Å². The summed E-state index contributed by atoms with van der Waals surface area (Å²) in [6.45, 7) is 3.76. The predicted molar refractivity (Wildman–Crippen MR) is 106 cm³/mol. The normalized spacial score (nSPS) is 48.0. The van der Waals surface area contributed by atoms with Crippen LogP contribution in [0.4, 0.5) is 0 Å². The highest BCUT2D eigenvalue weighted by Crippen LogP contribution is 2.68. The number of aromatic hydroxyl groups is 1. The first kappa shape index (κ1) is 16.9. The molecule has 0 amide bonds. The fraction of sp³-hybridized carbons (Fsp3) is 0.750. The van der Waals surface area contributed by atoms with Crippen LogP contribution in [0.3, 0.4) is 0 Å². The Kier molecular flexibility index (Phi) is 3.58. The van der Waals surface area contributed by atoms with Crippen LogP contribution >= 0.6 is 0 Å². The second-order valence-corrected chi connectivity index (χ2v) is 10.4. The number of phenols is 1. The maximum absolute atomic E-state index is 9.89. The van der Waals surface area contributed by atoms with Gasteiger partial charge in [-0.25, -0.2) is 0 Å². The van der Waals surface area contributed by atoms with Gasteiger partial charge in [0.25, 0.3) is 0 Å². The number of fused-ring (bicyclic) bond motifs is 7. The molecule has 1 aromatic rings. The summed E-state index contributed by atoms with van der Waals surface area (Å²) in [5, 5.41) is 13.7. The smallest absolute Gasteiger partial charge is 0.115 e. The molecule has 3 heteroatoms. The molecule has 1 spiro atoms. The van der Waals surface area contributed by atoms with Gasteiger partial charge in [-0.05, 0) is 111 Å². The van der Waals surface area contributed by atoms with Crippen molar-refractivity contribution in [2.45, 2.75) is 88.4 Å². The van der Waals surface area contributed by atoms with Crippen molar-refractivity contribution in [1.82, 2.24) is 5.32 Å². The summed E-state index contributed by atoms with van der Waals surface area (Å²) in [5.41, 5.74) is 3.42. The number of aryl methyl sites for hydroxylation is 1. The van der Waals surface area contributed by atoms with E-state index < -0.39 is 0 Å². The van der Waals surface area contributed by atoms with Gasteiger partial charge in [0.2, 0.25) is 0 Å². The standard InChI is InChI=1S/C24H33NO2/c1-23-10-8-18-17-7-5-16(26)13-15(17)4-6-19(18)20(23)9-11-24(23)14-21-22(27-24)3-2-12-25-21/h5,7,13,18-22,25-26H,2-4,6,8-12,14H2,1H3/t18-,19-,20?,21+,22-,23+,24-/m1/s1. The first-order valence-electron chi connectivity index (χ1n) is 11.3. The number of rotatable bonds is 0. The Labute approximate surface area is 162 Å². The van der Waals surface area contributed by atoms with Crippen molar-refractivity contribution in [2.24, 2.45) is 17.3 Å². The Hall–Kier alpha value is -1.06. The molecule has 0 aromatic heterocycles. The van der Waals surface area contributed by atoms with Crippen LogP contribution in [0.15, 0.2) is 18.2 Å². The SMILES string of the molecule is C[C@]12CC[C@@H]3c4ccc(O)cc4CC[C@H]3C1CC[C@@]21C[C@@H]2NCCC[C@H]2O1. The molecular formula is C24H33NO2. The predicted octanol–water partition coefficient (Wildman–Crippen LogP) is 4.53. The maximum Gasteiger partial charge on any atom is 0.115 e. The molecule has 1 unspecified atom stereocenters. The molecule has 4 fully saturated rings. The van der Waals surface area contributed by atoms with Gasteiger partial charge in [0.15, 0.2) is 0 Å². The van der Waals surface area contributed by atoms with Gasteiger partial charge < -0.3 is 15.2 Å². The van der Waals surface area contributed by atoms with Crippen LogP contribution in [-0.4, -0.2) is 29.4 Å². The Morgan fingerprint density at radius 1 is 1.15 bits per heavy atom. The second-order valence-electron chi connectivity index (χ2n) is 10.4. The second kappa shape index (κ2) is 5.73. The highest BCUT2D eigenvalue weighted by molar-refractivity contribution is 5.40. The monoisotopic (exact) mass is 367 g/mol. The van der Waals surface area contributed by atoms with E-state index in [1.807, 2.05) is 12.1 Å². The van der Waals surface area contributed by atoms with Crippen LogP contribution in [0, 0.1) is 17.3 Å². The molecule has 0 bridgehead atoms. The minimum Gasteiger partial charge on any atom is -0.508 e. The van der Waals surface area contributed by atoms with E-state index in [9.17, 15) is 5.11 Å². The van der Waals surface area contributed by atoms with Crippen molar-refractivity contribution < 1.29 is 9.84 Å². The lowest BCUT2D eigenvalue weighted by molar-refractivity contribution is -0.139. The molecule has 2 saturated carbocycles. The van der Waals surface area contributed by atoms with Crippen molar-refractivity contribution >= 4 is 0 Å². The summed E-state index contributed by atoms with van der Waals surface area (Å²) >= 11 is 0. The van der Waals surface area contributed by atoms with Crippen molar-refractivity contribution in [1.29, 1.82) is 0 Å². The third kappa shape index (κ3) is 2.22. The van der Waals surface area contributed by atoms with E-state index in [2.05, 4.69) is 18.3 Å². The number of piperidine rings is 1. The molecule has 146 valence electrons. The van der Waals surface area contributed by atoms with E-state index >= 15 is 0 Å². The molecule has 2 saturated heterocycles. The number of benzene rings is 1. The highest BCUT2D eigenvalue weighted by Gasteiger charge is 2.66. The van der Waals surface area contributed by atoms with Gasteiger partial charge in [0, 0.05) is 6.04 Å². The molecule has 6 rings (SSSR count). The summed E-state index contributed by atoms with van der Waals surface area (Å²) in [4.78, 5) is 0. The first-order valence-corrected chi connectivity index (χ1v) is 11.3. The molecule has 2 heterocycles. The lowest BCUT2D eigenvalue weighted by atomic mass is 9.53. The fourth-order valence-electron chi connectivity index (χ4n) is 8.15. The average molecular weight is 368 g/mol. The Balaban J connectivity index is 1.32. The minimum atomic E-state index is 0.130. The first-order chi connectivity index (χ1) is 13.1. The van der Waals surface area contributed by atoms with Crippen molar-refractivity contribution in [3.05, 3.63) is 29.3 Å². The van der Waals surface area contributed by atoms with Gasteiger partial charge in [-0.1, -0.05) is 13.0 Å². The Morgan fingerprint density at radius 3 is 2.96 bits per heavy atom. The van der Waals surface area contributed by atoms with E-state index in [1.54, 1.807) is 0 Å². The zero-order chi connectivity index (χ0) is 18.2. The zero-order valence-corrected chi connectivity index (χ0v) is 16.5. The third-order valence-electron chi connectivity index (χ3n) is 9.45.